The van der Waals surface area contributed by atoms with Crippen molar-refractivity contribution in [2.75, 3.05) is 23.7 Å². The van der Waals surface area contributed by atoms with E-state index in [1.165, 1.54) is 9.21 Å². The van der Waals surface area contributed by atoms with E-state index in [1.54, 1.807) is 31.2 Å². The lowest BCUT2D eigenvalue weighted by molar-refractivity contribution is -0.140. The molecule has 0 saturated carbocycles. The maximum Gasteiger partial charge on any atom is 0.242 e. The van der Waals surface area contributed by atoms with E-state index in [0.29, 0.717) is 23.7 Å². The van der Waals surface area contributed by atoms with Crippen LogP contribution in [0.5, 0.6) is 0 Å². The molecule has 35 heavy (non-hydrogen) atoms. The Balaban J connectivity index is 2.14. The molecule has 0 aliphatic rings. The van der Waals surface area contributed by atoms with Crippen LogP contribution >= 0.6 is 11.6 Å². The van der Waals surface area contributed by atoms with Crippen molar-refractivity contribution in [3.05, 3.63) is 64.7 Å². The highest BCUT2D eigenvalue weighted by Crippen LogP contribution is 2.20. The van der Waals surface area contributed by atoms with Gasteiger partial charge in [-0.15, -0.1) is 0 Å². The Kier molecular flexibility index (Phi) is 10.6. The number of anilines is 1. The summed E-state index contributed by atoms with van der Waals surface area (Å²) in [5, 5.41) is 3.48. The molecule has 0 aliphatic carbocycles. The average Bonchev–Trinajstić information content (AvgIpc) is 2.79. The maximum atomic E-state index is 13.3. The summed E-state index contributed by atoms with van der Waals surface area (Å²) in [5.41, 5.74) is 2.44. The van der Waals surface area contributed by atoms with Crippen molar-refractivity contribution in [3.8, 4) is 0 Å². The Labute approximate surface area is 214 Å². The smallest absolute Gasteiger partial charge is 0.242 e. The molecule has 0 aromatic heterocycles. The van der Waals surface area contributed by atoms with Crippen molar-refractivity contribution in [1.82, 2.24) is 10.2 Å². The van der Waals surface area contributed by atoms with Crippen LogP contribution in [0.15, 0.2) is 48.5 Å². The molecule has 0 aliphatic heterocycles. The summed E-state index contributed by atoms with van der Waals surface area (Å²) in [6.45, 7) is 8.58. The lowest BCUT2D eigenvalue weighted by Gasteiger charge is -2.29. The van der Waals surface area contributed by atoms with Crippen LogP contribution in [-0.4, -0.2) is 50.5 Å². The van der Waals surface area contributed by atoms with Gasteiger partial charge in [0.2, 0.25) is 21.8 Å². The van der Waals surface area contributed by atoms with Crippen LogP contribution in [0.4, 0.5) is 5.69 Å². The number of amides is 2. The molecule has 2 rings (SSSR count). The van der Waals surface area contributed by atoms with Gasteiger partial charge in [0.05, 0.1) is 11.9 Å². The van der Waals surface area contributed by atoms with Crippen LogP contribution < -0.4 is 9.62 Å². The van der Waals surface area contributed by atoms with Gasteiger partial charge in [0.25, 0.3) is 0 Å². The van der Waals surface area contributed by atoms with E-state index in [-0.39, 0.29) is 37.2 Å². The van der Waals surface area contributed by atoms with Gasteiger partial charge < -0.3 is 10.2 Å². The Morgan fingerprint density at radius 1 is 1.00 bits per heavy atom. The normalized spacial score (nSPS) is 12.3. The molecule has 2 aromatic rings. The number of halogens is 1. The van der Waals surface area contributed by atoms with Crippen molar-refractivity contribution in [2.24, 2.45) is 5.92 Å². The van der Waals surface area contributed by atoms with Crippen molar-refractivity contribution >= 4 is 39.1 Å². The predicted octanol–water partition coefficient (Wildman–Crippen LogP) is 4.38. The molecule has 0 spiro atoms. The molecular formula is C26H36ClN3O4S. The van der Waals surface area contributed by atoms with E-state index < -0.39 is 16.1 Å². The summed E-state index contributed by atoms with van der Waals surface area (Å²) in [6, 6.07) is 13.7. The largest absolute Gasteiger partial charge is 0.354 e. The first-order chi connectivity index (χ1) is 16.4. The first-order valence-electron chi connectivity index (χ1n) is 11.7. The number of hydrogen-bond donors (Lipinski definition) is 1. The Morgan fingerprint density at radius 2 is 1.60 bits per heavy atom. The molecule has 192 valence electrons. The predicted molar refractivity (Wildman–Crippen MR) is 142 cm³/mol. The third kappa shape index (κ3) is 9.18. The minimum absolute atomic E-state index is 0.104. The second-order valence-electron chi connectivity index (χ2n) is 9.24. The lowest BCUT2D eigenvalue weighted by atomic mass is 10.1. The Hall–Kier alpha value is -2.58. The zero-order chi connectivity index (χ0) is 26.2. The van der Waals surface area contributed by atoms with Gasteiger partial charge in [-0.2, -0.15) is 0 Å². The number of aryl methyl sites for hydroxylation is 1. The van der Waals surface area contributed by atoms with Crippen LogP contribution in [0.1, 0.15) is 44.7 Å². The molecule has 0 fully saturated rings. The summed E-state index contributed by atoms with van der Waals surface area (Å²) in [6.07, 6.45) is 1.58. The Morgan fingerprint density at radius 3 is 2.14 bits per heavy atom. The fraction of sp³-hybridized carbons (Fsp3) is 0.462. The second kappa shape index (κ2) is 12.9. The van der Waals surface area contributed by atoms with E-state index in [9.17, 15) is 18.0 Å². The van der Waals surface area contributed by atoms with Crippen LogP contribution in [0.3, 0.4) is 0 Å². The van der Waals surface area contributed by atoms with Crippen molar-refractivity contribution in [1.29, 1.82) is 0 Å². The highest BCUT2D eigenvalue weighted by Gasteiger charge is 2.26. The van der Waals surface area contributed by atoms with E-state index in [1.807, 2.05) is 45.0 Å². The average molecular weight is 522 g/mol. The first kappa shape index (κ1) is 28.7. The molecule has 1 atom stereocenters. The topological polar surface area (TPSA) is 86.8 Å². The van der Waals surface area contributed by atoms with Gasteiger partial charge in [-0.25, -0.2) is 8.42 Å². The number of carbonyl (C=O) groups excluding carboxylic acids is 2. The Bertz CT molecular complexity index is 1090. The molecule has 0 bridgehead atoms. The summed E-state index contributed by atoms with van der Waals surface area (Å²) >= 11 is 5.99. The number of hydrogen-bond acceptors (Lipinski definition) is 4. The molecule has 0 radical (unpaired) electrons. The molecule has 2 aromatic carbocycles. The summed E-state index contributed by atoms with van der Waals surface area (Å²) in [4.78, 5) is 27.6. The second-order valence-corrected chi connectivity index (χ2v) is 11.6. The molecule has 0 heterocycles. The van der Waals surface area contributed by atoms with Crippen LogP contribution in [-0.2, 0) is 26.2 Å². The van der Waals surface area contributed by atoms with Crippen LogP contribution in [0, 0.1) is 12.8 Å². The van der Waals surface area contributed by atoms with Gasteiger partial charge in [0.15, 0.2) is 0 Å². The number of nitrogens with one attached hydrogen (secondary N) is 1. The van der Waals surface area contributed by atoms with Crippen LogP contribution in [0.25, 0.3) is 0 Å². The van der Waals surface area contributed by atoms with E-state index in [4.69, 9.17) is 11.6 Å². The van der Waals surface area contributed by atoms with Crippen molar-refractivity contribution < 1.29 is 18.0 Å². The highest BCUT2D eigenvalue weighted by molar-refractivity contribution is 7.92. The summed E-state index contributed by atoms with van der Waals surface area (Å²) < 4.78 is 26.1. The summed E-state index contributed by atoms with van der Waals surface area (Å²) in [5.74, 6) is -0.154. The first-order valence-corrected chi connectivity index (χ1v) is 14.0. The quantitative estimate of drug-likeness (QED) is 0.449. The minimum atomic E-state index is -3.52. The van der Waals surface area contributed by atoms with E-state index >= 15 is 0 Å². The fourth-order valence-corrected chi connectivity index (χ4v) is 4.63. The van der Waals surface area contributed by atoms with Gasteiger partial charge in [0, 0.05) is 31.1 Å². The van der Waals surface area contributed by atoms with Gasteiger partial charge >= 0.3 is 0 Å². The fourth-order valence-electron chi connectivity index (χ4n) is 3.54. The van der Waals surface area contributed by atoms with Gasteiger partial charge in [-0.1, -0.05) is 55.3 Å². The van der Waals surface area contributed by atoms with Gasteiger partial charge in [0.1, 0.15) is 6.04 Å². The van der Waals surface area contributed by atoms with E-state index in [2.05, 4.69) is 5.32 Å². The van der Waals surface area contributed by atoms with Crippen molar-refractivity contribution in [3.63, 3.8) is 0 Å². The molecule has 0 unspecified atom stereocenters. The van der Waals surface area contributed by atoms with E-state index in [0.717, 1.165) is 17.4 Å². The molecule has 2 amide bonds. The SMILES string of the molecule is Cc1ccc(N(CCCC(=O)N(Cc2ccc(Cl)cc2)[C@H](C)C(=O)NCC(C)C)S(C)(=O)=O)cc1. The number of sulfonamides is 1. The molecular weight excluding hydrogens is 486 g/mol. The monoisotopic (exact) mass is 521 g/mol. The minimum Gasteiger partial charge on any atom is -0.354 e. The number of carbonyl (C=O) groups is 2. The zero-order valence-electron chi connectivity index (χ0n) is 21.1. The molecule has 7 nitrogen and oxygen atoms in total. The number of benzene rings is 2. The third-order valence-corrected chi connectivity index (χ3v) is 7.04. The highest BCUT2D eigenvalue weighted by atomic mass is 35.5. The molecule has 0 saturated heterocycles. The van der Waals surface area contributed by atoms with Gasteiger partial charge in [-0.05, 0) is 56.0 Å². The molecule has 1 N–H and O–H groups in total. The number of nitrogens with zero attached hydrogens (tertiary/aromatic N) is 2. The standard InChI is InChI=1S/C26H36ClN3O4S/c1-19(2)17-28-26(32)21(4)29(18-22-10-12-23(27)13-11-22)25(31)7-6-16-30(35(5,33)34)24-14-8-20(3)9-15-24/h8-15,19,21H,6-7,16-18H2,1-5H3,(H,28,32)/t21-/m1/s1. The van der Waals surface area contributed by atoms with Crippen molar-refractivity contribution in [2.45, 2.75) is 53.1 Å². The zero-order valence-corrected chi connectivity index (χ0v) is 22.7. The summed E-state index contributed by atoms with van der Waals surface area (Å²) in [7, 11) is -3.52. The number of rotatable bonds is 12. The maximum absolute atomic E-state index is 13.3. The van der Waals surface area contributed by atoms with Gasteiger partial charge in [-0.3, -0.25) is 13.9 Å². The molecule has 9 heteroatoms. The van der Waals surface area contributed by atoms with Crippen LogP contribution in [0.2, 0.25) is 5.02 Å². The third-order valence-electron chi connectivity index (χ3n) is 5.59. The lowest BCUT2D eigenvalue weighted by Crippen LogP contribution is -2.48.